The number of hydrogen-bond donors (Lipinski definition) is 2. The van der Waals surface area contributed by atoms with Gasteiger partial charge in [0.1, 0.15) is 0 Å². The van der Waals surface area contributed by atoms with Crippen molar-refractivity contribution < 1.29 is 14.6 Å². The standard InChI is InChI=1S/C14H21NO3/c1-2-15-7-6-12(16)11-4-5-13-14(10-11)18-9-3-8-17-13/h4-5,10,12,15-16H,2-3,6-9H2,1H3. The molecule has 2 rings (SSSR count). The van der Waals surface area contributed by atoms with Crippen LogP contribution in [-0.2, 0) is 0 Å². The van der Waals surface area contributed by atoms with E-state index in [1.165, 1.54) is 0 Å². The van der Waals surface area contributed by atoms with E-state index in [0.29, 0.717) is 19.6 Å². The zero-order valence-electron chi connectivity index (χ0n) is 10.8. The largest absolute Gasteiger partial charge is 0.490 e. The summed E-state index contributed by atoms with van der Waals surface area (Å²) in [5, 5.41) is 13.3. The maximum atomic E-state index is 10.1. The van der Waals surface area contributed by atoms with Gasteiger partial charge in [-0.25, -0.2) is 0 Å². The van der Waals surface area contributed by atoms with Gasteiger partial charge in [-0.15, -0.1) is 0 Å². The van der Waals surface area contributed by atoms with Gasteiger partial charge in [-0.2, -0.15) is 0 Å². The molecule has 0 amide bonds. The molecule has 0 bridgehead atoms. The lowest BCUT2D eigenvalue weighted by Crippen LogP contribution is -2.16. The van der Waals surface area contributed by atoms with Crippen molar-refractivity contribution >= 4 is 0 Å². The van der Waals surface area contributed by atoms with Gasteiger partial charge in [0.15, 0.2) is 11.5 Å². The minimum Gasteiger partial charge on any atom is -0.490 e. The highest BCUT2D eigenvalue weighted by Gasteiger charge is 2.14. The molecule has 18 heavy (non-hydrogen) atoms. The number of aliphatic hydroxyl groups is 1. The van der Waals surface area contributed by atoms with Gasteiger partial charge in [0.25, 0.3) is 0 Å². The summed E-state index contributed by atoms with van der Waals surface area (Å²) in [6.45, 7) is 5.15. The Bertz CT molecular complexity index is 381. The van der Waals surface area contributed by atoms with Gasteiger partial charge in [-0.1, -0.05) is 13.0 Å². The quantitative estimate of drug-likeness (QED) is 0.785. The fraction of sp³-hybridized carbons (Fsp3) is 0.571. The lowest BCUT2D eigenvalue weighted by atomic mass is 10.1. The van der Waals surface area contributed by atoms with Crippen LogP contribution in [0.3, 0.4) is 0 Å². The normalized spacial score (nSPS) is 16.1. The molecule has 0 radical (unpaired) electrons. The molecule has 1 aromatic rings. The van der Waals surface area contributed by atoms with Crippen LogP contribution in [0.1, 0.15) is 31.4 Å². The van der Waals surface area contributed by atoms with E-state index < -0.39 is 6.10 Å². The minimum absolute atomic E-state index is 0.457. The fourth-order valence-corrected chi connectivity index (χ4v) is 1.97. The lowest BCUT2D eigenvalue weighted by molar-refractivity contribution is 0.166. The van der Waals surface area contributed by atoms with E-state index in [-0.39, 0.29) is 0 Å². The van der Waals surface area contributed by atoms with Gasteiger partial charge in [0.05, 0.1) is 19.3 Å². The van der Waals surface area contributed by atoms with Crippen LogP contribution in [0, 0.1) is 0 Å². The molecule has 1 heterocycles. The summed E-state index contributed by atoms with van der Waals surface area (Å²) in [5.41, 5.74) is 0.886. The summed E-state index contributed by atoms with van der Waals surface area (Å²) in [6.07, 6.45) is 1.14. The second kappa shape index (κ2) is 6.61. The maximum Gasteiger partial charge on any atom is 0.161 e. The highest BCUT2D eigenvalue weighted by Crippen LogP contribution is 2.32. The molecule has 4 nitrogen and oxygen atoms in total. The van der Waals surface area contributed by atoms with Gasteiger partial charge >= 0.3 is 0 Å². The molecule has 1 aliphatic rings. The van der Waals surface area contributed by atoms with Gasteiger partial charge in [-0.3, -0.25) is 0 Å². The van der Waals surface area contributed by atoms with Gasteiger partial charge in [-0.05, 0) is 37.2 Å². The third kappa shape index (κ3) is 3.37. The molecule has 0 aliphatic carbocycles. The van der Waals surface area contributed by atoms with Crippen molar-refractivity contribution in [1.29, 1.82) is 0 Å². The van der Waals surface area contributed by atoms with Gasteiger partial charge in [0, 0.05) is 6.42 Å². The molecule has 0 fully saturated rings. The SMILES string of the molecule is CCNCCC(O)c1ccc2c(c1)OCCCO2. The number of fused-ring (bicyclic) bond motifs is 1. The highest BCUT2D eigenvalue weighted by molar-refractivity contribution is 5.44. The second-order valence-electron chi connectivity index (χ2n) is 4.41. The summed E-state index contributed by atoms with van der Waals surface area (Å²) in [5.74, 6) is 1.52. The molecule has 1 aliphatic heterocycles. The Labute approximate surface area is 108 Å². The Balaban J connectivity index is 2.02. The average Bonchev–Trinajstić information content (AvgIpc) is 2.63. The minimum atomic E-state index is -0.457. The molecule has 100 valence electrons. The first-order valence-electron chi connectivity index (χ1n) is 6.59. The van der Waals surface area contributed by atoms with Crippen molar-refractivity contribution in [2.24, 2.45) is 0 Å². The zero-order valence-corrected chi connectivity index (χ0v) is 10.8. The van der Waals surface area contributed by atoms with E-state index >= 15 is 0 Å². The molecule has 4 heteroatoms. The number of nitrogens with one attached hydrogen (secondary N) is 1. The Morgan fingerprint density at radius 1 is 1.28 bits per heavy atom. The van der Waals surface area contributed by atoms with Gasteiger partial charge in [0.2, 0.25) is 0 Å². The second-order valence-corrected chi connectivity index (χ2v) is 4.41. The van der Waals surface area contributed by atoms with Crippen LogP contribution in [0.2, 0.25) is 0 Å². The first kappa shape index (κ1) is 13.2. The van der Waals surface area contributed by atoms with Crippen molar-refractivity contribution in [2.45, 2.75) is 25.9 Å². The van der Waals surface area contributed by atoms with E-state index in [1.54, 1.807) is 0 Å². The average molecular weight is 251 g/mol. The van der Waals surface area contributed by atoms with Crippen molar-refractivity contribution in [2.75, 3.05) is 26.3 Å². The van der Waals surface area contributed by atoms with Crippen LogP contribution < -0.4 is 14.8 Å². The molecular weight excluding hydrogens is 230 g/mol. The van der Waals surface area contributed by atoms with Crippen molar-refractivity contribution in [3.63, 3.8) is 0 Å². The monoisotopic (exact) mass is 251 g/mol. The number of ether oxygens (including phenoxy) is 2. The smallest absolute Gasteiger partial charge is 0.161 e. The Morgan fingerprint density at radius 3 is 2.83 bits per heavy atom. The predicted octanol–water partition coefficient (Wildman–Crippen LogP) is 1.88. The van der Waals surface area contributed by atoms with E-state index in [1.807, 2.05) is 18.2 Å². The molecular formula is C14H21NO3. The highest BCUT2D eigenvalue weighted by atomic mass is 16.5. The molecule has 1 aromatic carbocycles. The van der Waals surface area contributed by atoms with Crippen LogP contribution >= 0.6 is 0 Å². The fourth-order valence-electron chi connectivity index (χ4n) is 1.97. The zero-order chi connectivity index (χ0) is 12.8. The van der Waals surface area contributed by atoms with Gasteiger partial charge < -0.3 is 19.9 Å². The Kier molecular flexibility index (Phi) is 4.84. The molecule has 1 unspecified atom stereocenters. The third-order valence-corrected chi connectivity index (χ3v) is 3.00. The summed E-state index contributed by atoms with van der Waals surface area (Å²) in [7, 11) is 0. The van der Waals surface area contributed by atoms with Crippen molar-refractivity contribution in [3.8, 4) is 11.5 Å². The first-order chi connectivity index (χ1) is 8.81. The predicted molar refractivity (Wildman–Crippen MR) is 70.2 cm³/mol. The summed E-state index contributed by atoms with van der Waals surface area (Å²) in [4.78, 5) is 0. The molecule has 0 spiro atoms. The van der Waals surface area contributed by atoms with Crippen LogP contribution in [0.5, 0.6) is 11.5 Å². The summed E-state index contributed by atoms with van der Waals surface area (Å²) < 4.78 is 11.2. The molecule has 2 N–H and O–H groups in total. The van der Waals surface area contributed by atoms with Crippen LogP contribution in [-0.4, -0.2) is 31.4 Å². The van der Waals surface area contributed by atoms with Crippen LogP contribution in [0.4, 0.5) is 0 Å². The molecule has 1 atom stereocenters. The van der Waals surface area contributed by atoms with E-state index in [2.05, 4.69) is 12.2 Å². The van der Waals surface area contributed by atoms with E-state index in [4.69, 9.17) is 9.47 Å². The Morgan fingerprint density at radius 2 is 2.06 bits per heavy atom. The molecule has 0 saturated heterocycles. The summed E-state index contributed by atoms with van der Waals surface area (Å²) >= 11 is 0. The number of aliphatic hydroxyl groups excluding tert-OH is 1. The first-order valence-corrected chi connectivity index (χ1v) is 6.59. The number of rotatable bonds is 5. The molecule has 0 saturated carbocycles. The Hall–Kier alpha value is -1.26. The van der Waals surface area contributed by atoms with Crippen molar-refractivity contribution in [1.82, 2.24) is 5.32 Å². The molecule has 0 aromatic heterocycles. The summed E-state index contributed by atoms with van der Waals surface area (Å²) in [6, 6.07) is 5.67. The lowest BCUT2D eigenvalue weighted by Gasteiger charge is -2.14. The van der Waals surface area contributed by atoms with E-state index in [9.17, 15) is 5.11 Å². The maximum absolute atomic E-state index is 10.1. The topological polar surface area (TPSA) is 50.7 Å². The van der Waals surface area contributed by atoms with Crippen LogP contribution in [0.15, 0.2) is 18.2 Å². The van der Waals surface area contributed by atoms with Crippen molar-refractivity contribution in [3.05, 3.63) is 23.8 Å². The van der Waals surface area contributed by atoms with Crippen LogP contribution in [0.25, 0.3) is 0 Å². The number of hydrogen-bond acceptors (Lipinski definition) is 4. The van der Waals surface area contributed by atoms with E-state index in [0.717, 1.165) is 36.6 Å². The third-order valence-electron chi connectivity index (χ3n) is 3.00. The number of benzene rings is 1.